The van der Waals surface area contributed by atoms with Crippen molar-refractivity contribution in [2.24, 2.45) is 0 Å². The molecule has 0 amide bonds. The van der Waals surface area contributed by atoms with Gasteiger partial charge >= 0.3 is 0 Å². The van der Waals surface area contributed by atoms with Crippen LogP contribution < -0.4 is 10.1 Å². The van der Waals surface area contributed by atoms with E-state index in [0.29, 0.717) is 0 Å². The highest BCUT2D eigenvalue weighted by atomic mass is 16.5. The third kappa shape index (κ3) is 2.15. The molecule has 0 spiro atoms. The van der Waals surface area contributed by atoms with Gasteiger partial charge in [-0.15, -0.1) is 0 Å². The molecule has 0 fully saturated rings. The fourth-order valence-electron chi connectivity index (χ4n) is 0.891. The van der Waals surface area contributed by atoms with Crippen molar-refractivity contribution in [3.8, 4) is 5.75 Å². The Hall–Kier alpha value is -1.18. The number of hydrogen-bond acceptors (Lipinski definition) is 1. The molecule has 0 bridgehead atoms. The van der Waals surface area contributed by atoms with Crippen LogP contribution in [0.2, 0.25) is 0 Å². The highest BCUT2D eigenvalue weighted by molar-refractivity contribution is 5.42. The highest BCUT2D eigenvalue weighted by Gasteiger charge is 1.93. The standard InChI is InChI=1S/C9H12NO/c1-3-10-8-5-4-6-9(7-8)11-2/h4-7H,3H2,1-2H3. The molecule has 0 saturated carbocycles. The maximum atomic E-state index is 5.04. The molecular weight excluding hydrogens is 138 g/mol. The van der Waals surface area contributed by atoms with E-state index in [1.54, 1.807) is 7.11 Å². The minimum absolute atomic E-state index is 0.813. The molecule has 2 nitrogen and oxygen atoms in total. The summed E-state index contributed by atoms with van der Waals surface area (Å²) in [5.74, 6) is 0.861. The molecule has 1 aromatic rings. The lowest BCUT2D eigenvalue weighted by molar-refractivity contribution is 0.414. The number of ether oxygens (including phenoxy) is 1. The first-order valence-electron chi connectivity index (χ1n) is 3.68. The smallest absolute Gasteiger partial charge is 0.120 e. The van der Waals surface area contributed by atoms with E-state index in [1.165, 1.54) is 0 Å². The van der Waals surface area contributed by atoms with Crippen LogP contribution in [0.25, 0.3) is 0 Å². The number of nitrogens with zero attached hydrogens (tertiary/aromatic N) is 1. The van der Waals surface area contributed by atoms with Crippen LogP contribution in [0, 0.1) is 0 Å². The lowest BCUT2D eigenvalue weighted by atomic mass is 10.3. The molecule has 0 aliphatic rings. The Morgan fingerprint density at radius 1 is 1.45 bits per heavy atom. The van der Waals surface area contributed by atoms with E-state index >= 15 is 0 Å². The molecule has 1 radical (unpaired) electrons. The summed E-state index contributed by atoms with van der Waals surface area (Å²) >= 11 is 0. The maximum absolute atomic E-state index is 5.04. The van der Waals surface area contributed by atoms with Gasteiger partial charge in [0.2, 0.25) is 0 Å². The van der Waals surface area contributed by atoms with Gasteiger partial charge in [0, 0.05) is 12.6 Å². The second kappa shape index (κ2) is 3.86. The molecule has 1 aromatic carbocycles. The summed E-state index contributed by atoms with van der Waals surface area (Å²) in [5.41, 5.74) is 0.979. The Morgan fingerprint density at radius 2 is 2.27 bits per heavy atom. The Kier molecular flexibility index (Phi) is 2.78. The lowest BCUT2D eigenvalue weighted by Crippen LogP contribution is -1.94. The highest BCUT2D eigenvalue weighted by Crippen LogP contribution is 2.16. The molecule has 0 aliphatic carbocycles. The Balaban J connectivity index is 2.74. The second-order valence-corrected chi connectivity index (χ2v) is 2.18. The monoisotopic (exact) mass is 150 g/mol. The summed E-state index contributed by atoms with van der Waals surface area (Å²) in [5, 5.41) is 4.24. The van der Waals surface area contributed by atoms with Gasteiger partial charge in [0.1, 0.15) is 5.75 Å². The number of methoxy groups -OCH3 is 1. The molecule has 0 unspecified atom stereocenters. The van der Waals surface area contributed by atoms with Crippen LogP contribution in [0.4, 0.5) is 5.69 Å². The van der Waals surface area contributed by atoms with Crippen molar-refractivity contribution in [1.29, 1.82) is 0 Å². The van der Waals surface area contributed by atoms with Crippen LogP contribution in [0.15, 0.2) is 24.3 Å². The molecule has 59 valence electrons. The largest absolute Gasteiger partial charge is 0.497 e. The van der Waals surface area contributed by atoms with Gasteiger partial charge in [-0.05, 0) is 19.1 Å². The van der Waals surface area contributed by atoms with E-state index in [4.69, 9.17) is 4.74 Å². The first-order chi connectivity index (χ1) is 5.36. The van der Waals surface area contributed by atoms with Gasteiger partial charge in [0.25, 0.3) is 0 Å². The average molecular weight is 150 g/mol. The van der Waals surface area contributed by atoms with Crippen molar-refractivity contribution >= 4 is 5.69 Å². The van der Waals surface area contributed by atoms with E-state index < -0.39 is 0 Å². The summed E-state index contributed by atoms with van der Waals surface area (Å²) in [7, 11) is 1.66. The molecule has 1 rings (SSSR count). The number of rotatable bonds is 3. The van der Waals surface area contributed by atoms with Crippen molar-refractivity contribution in [2.75, 3.05) is 13.7 Å². The Morgan fingerprint density at radius 3 is 2.91 bits per heavy atom. The van der Waals surface area contributed by atoms with Gasteiger partial charge in [-0.1, -0.05) is 6.07 Å². The topological polar surface area (TPSA) is 23.3 Å². The van der Waals surface area contributed by atoms with Gasteiger partial charge in [0.05, 0.1) is 12.8 Å². The van der Waals surface area contributed by atoms with Crippen LogP contribution in [0.1, 0.15) is 6.92 Å². The molecule has 0 heterocycles. The molecule has 11 heavy (non-hydrogen) atoms. The van der Waals surface area contributed by atoms with Crippen LogP contribution in [0.3, 0.4) is 0 Å². The van der Waals surface area contributed by atoms with Crippen molar-refractivity contribution in [1.82, 2.24) is 5.32 Å². The van der Waals surface area contributed by atoms with Gasteiger partial charge in [-0.2, -0.15) is 0 Å². The van der Waals surface area contributed by atoms with Gasteiger partial charge in [-0.25, -0.2) is 0 Å². The molecular formula is C9H12NO. The van der Waals surface area contributed by atoms with Crippen molar-refractivity contribution in [3.63, 3.8) is 0 Å². The summed E-state index contributed by atoms with van der Waals surface area (Å²) in [6.07, 6.45) is 0. The molecule has 0 aromatic heterocycles. The summed E-state index contributed by atoms with van der Waals surface area (Å²) in [6, 6.07) is 7.73. The van der Waals surface area contributed by atoms with E-state index in [2.05, 4.69) is 5.32 Å². The zero-order valence-corrected chi connectivity index (χ0v) is 6.87. The van der Waals surface area contributed by atoms with Crippen molar-refractivity contribution < 1.29 is 4.74 Å². The van der Waals surface area contributed by atoms with E-state index in [1.807, 2.05) is 31.2 Å². The zero-order chi connectivity index (χ0) is 8.10. The van der Waals surface area contributed by atoms with Crippen LogP contribution in [-0.4, -0.2) is 13.7 Å². The fourth-order valence-corrected chi connectivity index (χ4v) is 0.891. The molecule has 0 atom stereocenters. The zero-order valence-electron chi connectivity index (χ0n) is 6.87. The predicted octanol–water partition coefficient (Wildman–Crippen LogP) is 1.95. The summed E-state index contributed by atoms with van der Waals surface area (Å²) < 4.78 is 5.04. The summed E-state index contributed by atoms with van der Waals surface area (Å²) in [6.45, 7) is 2.83. The summed E-state index contributed by atoms with van der Waals surface area (Å²) in [4.78, 5) is 0. The fraction of sp³-hybridized carbons (Fsp3) is 0.333. The van der Waals surface area contributed by atoms with E-state index in [0.717, 1.165) is 18.0 Å². The maximum Gasteiger partial charge on any atom is 0.120 e. The van der Waals surface area contributed by atoms with E-state index in [9.17, 15) is 0 Å². The second-order valence-electron chi connectivity index (χ2n) is 2.18. The first-order valence-corrected chi connectivity index (χ1v) is 3.68. The van der Waals surface area contributed by atoms with Crippen molar-refractivity contribution in [3.05, 3.63) is 24.3 Å². The van der Waals surface area contributed by atoms with Crippen LogP contribution in [-0.2, 0) is 0 Å². The van der Waals surface area contributed by atoms with Gasteiger partial charge in [0.15, 0.2) is 0 Å². The van der Waals surface area contributed by atoms with Crippen molar-refractivity contribution in [2.45, 2.75) is 6.92 Å². The Bertz CT molecular complexity index is 223. The minimum Gasteiger partial charge on any atom is -0.497 e. The molecule has 0 aliphatic heterocycles. The minimum atomic E-state index is 0.813. The average Bonchev–Trinajstić information content (AvgIpc) is 2.06. The molecule has 2 heteroatoms. The van der Waals surface area contributed by atoms with Gasteiger partial charge in [-0.3, -0.25) is 5.32 Å². The number of benzene rings is 1. The SMILES string of the molecule is CC[N]c1cccc(OC)c1. The third-order valence-corrected chi connectivity index (χ3v) is 1.39. The third-order valence-electron chi connectivity index (χ3n) is 1.39. The van der Waals surface area contributed by atoms with Gasteiger partial charge < -0.3 is 4.74 Å². The lowest BCUT2D eigenvalue weighted by Gasteiger charge is -2.02. The van der Waals surface area contributed by atoms with E-state index in [-0.39, 0.29) is 0 Å². The van der Waals surface area contributed by atoms with Crippen LogP contribution in [0.5, 0.6) is 5.75 Å². The quantitative estimate of drug-likeness (QED) is 0.646. The normalized spacial score (nSPS) is 9.27. The Labute approximate surface area is 67.2 Å². The van der Waals surface area contributed by atoms with Crippen LogP contribution >= 0.6 is 0 Å². The predicted molar refractivity (Wildman–Crippen MR) is 45.3 cm³/mol. The first kappa shape index (κ1) is 7.92. The molecule has 0 saturated heterocycles. The number of hydrogen-bond donors (Lipinski definition) is 0. The molecule has 0 N–H and O–H groups in total.